The van der Waals surface area contributed by atoms with Gasteiger partial charge < -0.3 is 10.6 Å². The predicted octanol–water partition coefficient (Wildman–Crippen LogP) is 1.79. The summed E-state index contributed by atoms with van der Waals surface area (Å²) in [5.74, 6) is 0.850. The third-order valence-electron chi connectivity index (χ3n) is 3.43. The second-order valence-electron chi connectivity index (χ2n) is 4.61. The van der Waals surface area contributed by atoms with Gasteiger partial charge in [-0.25, -0.2) is 0 Å². The van der Waals surface area contributed by atoms with E-state index in [4.69, 9.17) is 5.73 Å². The van der Waals surface area contributed by atoms with Crippen molar-refractivity contribution in [1.29, 1.82) is 0 Å². The number of nitrogens with two attached hydrogens (primary N) is 1. The summed E-state index contributed by atoms with van der Waals surface area (Å²) in [6.45, 7) is 7.95. The molecule has 0 heterocycles. The van der Waals surface area contributed by atoms with E-state index in [0.717, 1.165) is 32.2 Å². The van der Waals surface area contributed by atoms with Crippen LogP contribution in [0, 0.1) is 11.8 Å². The van der Waals surface area contributed by atoms with Gasteiger partial charge in [0.1, 0.15) is 0 Å². The molecule has 0 aromatic heterocycles. The van der Waals surface area contributed by atoms with Gasteiger partial charge in [-0.3, -0.25) is 4.79 Å². The first-order valence-electron chi connectivity index (χ1n) is 6.34. The van der Waals surface area contributed by atoms with E-state index in [2.05, 4.69) is 13.5 Å². The Morgan fingerprint density at radius 1 is 1.56 bits per heavy atom. The van der Waals surface area contributed by atoms with Gasteiger partial charge in [0.25, 0.3) is 0 Å². The SMILES string of the molecule is C=CCN(CCC)C(=O)C1CCCC1CN. The van der Waals surface area contributed by atoms with Crippen molar-refractivity contribution in [3.8, 4) is 0 Å². The van der Waals surface area contributed by atoms with Gasteiger partial charge in [0, 0.05) is 19.0 Å². The highest BCUT2D eigenvalue weighted by atomic mass is 16.2. The van der Waals surface area contributed by atoms with Crippen LogP contribution in [0.25, 0.3) is 0 Å². The molecule has 3 heteroatoms. The lowest BCUT2D eigenvalue weighted by Gasteiger charge is -2.26. The highest BCUT2D eigenvalue weighted by Gasteiger charge is 2.33. The molecule has 0 radical (unpaired) electrons. The average Bonchev–Trinajstić information content (AvgIpc) is 2.75. The maximum absolute atomic E-state index is 12.3. The quantitative estimate of drug-likeness (QED) is 0.699. The molecule has 0 saturated heterocycles. The number of carbonyl (C=O) groups excluding carboxylic acids is 1. The highest BCUT2D eigenvalue weighted by Crippen LogP contribution is 2.32. The highest BCUT2D eigenvalue weighted by molar-refractivity contribution is 5.79. The van der Waals surface area contributed by atoms with Crippen molar-refractivity contribution in [3.63, 3.8) is 0 Å². The lowest BCUT2D eigenvalue weighted by atomic mass is 9.94. The number of nitrogens with zero attached hydrogens (tertiary/aromatic N) is 1. The average molecular weight is 224 g/mol. The van der Waals surface area contributed by atoms with Gasteiger partial charge in [-0.15, -0.1) is 6.58 Å². The van der Waals surface area contributed by atoms with Gasteiger partial charge in [-0.05, 0) is 31.7 Å². The van der Waals surface area contributed by atoms with Gasteiger partial charge in [-0.2, -0.15) is 0 Å². The fourth-order valence-corrected chi connectivity index (χ4v) is 2.60. The van der Waals surface area contributed by atoms with Crippen LogP contribution < -0.4 is 5.73 Å². The molecule has 16 heavy (non-hydrogen) atoms. The Morgan fingerprint density at radius 2 is 2.31 bits per heavy atom. The van der Waals surface area contributed by atoms with E-state index in [1.54, 1.807) is 6.08 Å². The van der Waals surface area contributed by atoms with Crippen LogP contribution in [0.2, 0.25) is 0 Å². The van der Waals surface area contributed by atoms with Gasteiger partial charge in [0.05, 0.1) is 0 Å². The molecule has 1 aliphatic rings. The lowest BCUT2D eigenvalue weighted by molar-refractivity contribution is -0.136. The minimum Gasteiger partial charge on any atom is -0.339 e. The zero-order chi connectivity index (χ0) is 12.0. The second kappa shape index (κ2) is 6.69. The van der Waals surface area contributed by atoms with E-state index in [-0.39, 0.29) is 11.8 Å². The third-order valence-corrected chi connectivity index (χ3v) is 3.43. The van der Waals surface area contributed by atoms with Crippen molar-refractivity contribution in [2.75, 3.05) is 19.6 Å². The zero-order valence-electron chi connectivity index (χ0n) is 10.3. The van der Waals surface area contributed by atoms with E-state index in [9.17, 15) is 4.79 Å². The minimum absolute atomic E-state index is 0.163. The van der Waals surface area contributed by atoms with Gasteiger partial charge in [0.15, 0.2) is 0 Å². The maximum atomic E-state index is 12.3. The van der Waals surface area contributed by atoms with Crippen molar-refractivity contribution in [2.24, 2.45) is 17.6 Å². The topological polar surface area (TPSA) is 46.3 Å². The van der Waals surface area contributed by atoms with E-state index in [1.165, 1.54) is 0 Å². The second-order valence-corrected chi connectivity index (χ2v) is 4.61. The molecular weight excluding hydrogens is 200 g/mol. The Balaban J connectivity index is 2.61. The normalized spacial score (nSPS) is 24.4. The van der Waals surface area contributed by atoms with Crippen LogP contribution >= 0.6 is 0 Å². The summed E-state index contributed by atoms with van der Waals surface area (Å²) >= 11 is 0. The molecule has 0 aliphatic heterocycles. The molecule has 0 aromatic rings. The summed E-state index contributed by atoms with van der Waals surface area (Å²) in [6, 6.07) is 0. The van der Waals surface area contributed by atoms with Crippen molar-refractivity contribution in [3.05, 3.63) is 12.7 Å². The summed E-state index contributed by atoms with van der Waals surface area (Å²) in [5.41, 5.74) is 5.72. The van der Waals surface area contributed by atoms with Gasteiger partial charge in [0.2, 0.25) is 5.91 Å². The first-order chi connectivity index (χ1) is 7.74. The molecule has 2 N–H and O–H groups in total. The smallest absolute Gasteiger partial charge is 0.226 e. The monoisotopic (exact) mass is 224 g/mol. The molecule has 1 fully saturated rings. The Hall–Kier alpha value is -0.830. The Morgan fingerprint density at radius 3 is 2.88 bits per heavy atom. The summed E-state index contributed by atoms with van der Waals surface area (Å²) in [4.78, 5) is 14.2. The van der Waals surface area contributed by atoms with Gasteiger partial charge >= 0.3 is 0 Å². The summed E-state index contributed by atoms with van der Waals surface area (Å²) in [6.07, 6.45) is 6.07. The van der Waals surface area contributed by atoms with Crippen LogP contribution in [0.5, 0.6) is 0 Å². The molecule has 1 rings (SSSR count). The van der Waals surface area contributed by atoms with Crippen molar-refractivity contribution in [1.82, 2.24) is 4.90 Å². The number of hydrogen-bond donors (Lipinski definition) is 1. The van der Waals surface area contributed by atoms with Crippen LogP contribution in [0.15, 0.2) is 12.7 Å². The molecule has 2 unspecified atom stereocenters. The van der Waals surface area contributed by atoms with Crippen LogP contribution in [-0.4, -0.2) is 30.4 Å². The lowest BCUT2D eigenvalue weighted by Crippen LogP contribution is -2.39. The number of rotatable bonds is 6. The van der Waals surface area contributed by atoms with Crippen LogP contribution in [0.1, 0.15) is 32.6 Å². The van der Waals surface area contributed by atoms with Crippen molar-refractivity contribution >= 4 is 5.91 Å². The van der Waals surface area contributed by atoms with E-state index >= 15 is 0 Å². The molecule has 2 atom stereocenters. The molecule has 0 aromatic carbocycles. The molecule has 3 nitrogen and oxygen atoms in total. The fraction of sp³-hybridized carbons (Fsp3) is 0.769. The van der Waals surface area contributed by atoms with E-state index in [0.29, 0.717) is 19.0 Å². The molecule has 0 bridgehead atoms. The van der Waals surface area contributed by atoms with Crippen LogP contribution in [0.4, 0.5) is 0 Å². The summed E-state index contributed by atoms with van der Waals surface area (Å²) in [5, 5.41) is 0. The van der Waals surface area contributed by atoms with Crippen LogP contribution in [-0.2, 0) is 4.79 Å². The number of amides is 1. The maximum Gasteiger partial charge on any atom is 0.226 e. The first kappa shape index (κ1) is 13.2. The van der Waals surface area contributed by atoms with E-state index < -0.39 is 0 Å². The molecule has 1 saturated carbocycles. The van der Waals surface area contributed by atoms with Crippen molar-refractivity contribution < 1.29 is 4.79 Å². The predicted molar refractivity (Wildman–Crippen MR) is 67.0 cm³/mol. The molecule has 1 aliphatic carbocycles. The number of carbonyl (C=O) groups is 1. The van der Waals surface area contributed by atoms with Crippen molar-refractivity contribution in [2.45, 2.75) is 32.6 Å². The Kier molecular flexibility index (Phi) is 5.53. The zero-order valence-corrected chi connectivity index (χ0v) is 10.3. The molecule has 1 amide bonds. The van der Waals surface area contributed by atoms with E-state index in [1.807, 2.05) is 4.90 Å². The number of hydrogen-bond acceptors (Lipinski definition) is 2. The fourth-order valence-electron chi connectivity index (χ4n) is 2.60. The third kappa shape index (κ3) is 3.08. The molecular formula is C13H24N2O. The summed E-state index contributed by atoms with van der Waals surface area (Å²) in [7, 11) is 0. The largest absolute Gasteiger partial charge is 0.339 e. The first-order valence-corrected chi connectivity index (χ1v) is 6.34. The summed E-state index contributed by atoms with van der Waals surface area (Å²) < 4.78 is 0. The van der Waals surface area contributed by atoms with Crippen LogP contribution in [0.3, 0.4) is 0 Å². The Bertz CT molecular complexity index is 240. The Labute approximate surface area is 98.7 Å². The molecule has 0 spiro atoms. The van der Waals surface area contributed by atoms with Gasteiger partial charge in [-0.1, -0.05) is 19.4 Å². The standard InChI is InChI=1S/C13H24N2O/c1-3-8-15(9-4-2)13(16)12-7-5-6-11(12)10-14/h3,11-12H,1,4-10,14H2,2H3. The minimum atomic E-state index is 0.163. The molecule has 92 valence electrons.